The molecule has 0 aliphatic carbocycles. The second-order valence-corrected chi connectivity index (χ2v) is 7.57. The summed E-state index contributed by atoms with van der Waals surface area (Å²) in [4.78, 5) is 30.7. The third-order valence-corrected chi connectivity index (χ3v) is 5.56. The van der Waals surface area contributed by atoms with Gasteiger partial charge in [0.25, 0.3) is 0 Å². The average molecular weight is 392 g/mol. The number of anilines is 2. The summed E-state index contributed by atoms with van der Waals surface area (Å²) >= 11 is 7.07. The number of aryl methyl sites for hydroxylation is 1. The van der Waals surface area contributed by atoms with Crippen molar-refractivity contribution in [3.63, 3.8) is 0 Å². The summed E-state index contributed by atoms with van der Waals surface area (Å²) in [5, 5.41) is 5.13. The Kier molecular flexibility index (Phi) is 6.27. The van der Waals surface area contributed by atoms with Crippen molar-refractivity contribution in [2.45, 2.75) is 38.5 Å². The van der Waals surface area contributed by atoms with Crippen LogP contribution in [-0.4, -0.2) is 23.3 Å². The summed E-state index contributed by atoms with van der Waals surface area (Å²) in [7, 11) is 0. The highest BCUT2D eigenvalue weighted by Crippen LogP contribution is 2.27. The molecule has 2 aromatic rings. The Balaban J connectivity index is 1.61. The van der Waals surface area contributed by atoms with Crippen LogP contribution in [0.25, 0.3) is 0 Å². The maximum absolute atomic E-state index is 12.5. The number of aromatic nitrogens is 1. The fourth-order valence-electron chi connectivity index (χ4n) is 2.99. The van der Waals surface area contributed by atoms with Gasteiger partial charge in [0.15, 0.2) is 5.13 Å². The quantitative estimate of drug-likeness (QED) is 0.719. The summed E-state index contributed by atoms with van der Waals surface area (Å²) in [6.45, 7) is 2.57. The van der Waals surface area contributed by atoms with E-state index in [4.69, 9.17) is 11.6 Å². The molecule has 1 aliphatic rings. The van der Waals surface area contributed by atoms with Crippen LogP contribution in [0.2, 0.25) is 0 Å². The zero-order valence-corrected chi connectivity index (χ0v) is 16.3. The number of hydrogen-bond donors (Lipinski definition) is 1. The molecule has 3 rings (SSSR count). The Labute approximate surface area is 162 Å². The van der Waals surface area contributed by atoms with Gasteiger partial charge in [0.05, 0.1) is 17.5 Å². The highest BCUT2D eigenvalue weighted by Gasteiger charge is 2.35. The Bertz CT molecular complexity index is 775. The van der Waals surface area contributed by atoms with Crippen molar-refractivity contribution in [3.8, 4) is 0 Å². The SMILES string of the molecule is CCCCc1ccc(N2CC(C(=O)Nc3nc(CCl)cs3)CC2=O)cc1. The lowest BCUT2D eigenvalue weighted by Gasteiger charge is -2.17. The Morgan fingerprint density at radius 1 is 1.38 bits per heavy atom. The number of nitrogens with one attached hydrogen (secondary N) is 1. The fraction of sp³-hybridized carbons (Fsp3) is 0.421. The van der Waals surface area contributed by atoms with Crippen LogP contribution in [0.3, 0.4) is 0 Å². The summed E-state index contributed by atoms with van der Waals surface area (Å²) in [5.74, 6) is -0.246. The van der Waals surface area contributed by atoms with Gasteiger partial charge in [-0.25, -0.2) is 4.98 Å². The first kappa shape index (κ1) is 18.9. The van der Waals surface area contributed by atoms with Crippen LogP contribution in [0, 0.1) is 5.92 Å². The molecule has 2 amide bonds. The number of rotatable bonds is 7. The van der Waals surface area contributed by atoms with Crippen LogP contribution >= 0.6 is 22.9 Å². The van der Waals surface area contributed by atoms with E-state index in [-0.39, 0.29) is 24.2 Å². The third kappa shape index (κ3) is 4.43. The molecule has 1 aliphatic heterocycles. The van der Waals surface area contributed by atoms with Gasteiger partial charge in [-0.15, -0.1) is 22.9 Å². The molecule has 1 aromatic carbocycles. The number of thiazole rings is 1. The van der Waals surface area contributed by atoms with Crippen molar-refractivity contribution in [1.29, 1.82) is 0 Å². The third-order valence-electron chi connectivity index (χ3n) is 4.48. The van der Waals surface area contributed by atoms with Crippen molar-refractivity contribution in [2.75, 3.05) is 16.8 Å². The molecule has 26 heavy (non-hydrogen) atoms. The minimum Gasteiger partial charge on any atom is -0.312 e. The van der Waals surface area contributed by atoms with E-state index >= 15 is 0 Å². The van der Waals surface area contributed by atoms with Crippen molar-refractivity contribution in [2.24, 2.45) is 5.92 Å². The van der Waals surface area contributed by atoms with Gasteiger partial charge in [0.1, 0.15) is 0 Å². The molecular weight excluding hydrogens is 370 g/mol. The number of amides is 2. The van der Waals surface area contributed by atoms with Gasteiger partial charge in [-0.1, -0.05) is 25.5 Å². The van der Waals surface area contributed by atoms with E-state index in [0.717, 1.165) is 30.6 Å². The van der Waals surface area contributed by atoms with E-state index < -0.39 is 0 Å². The molecule has 1 fully saturated rings. The standard InChI is InChI=1S/C19H22ClN3O2S/c1-2-3-4-13-5-7-16(8-6-13)23-11-14(9-17(23)24)18(25)22-19-21-15(10-20)12-26-19/h5-8,12,14H,2-4,9-11H2,1H3,(H,21,22,25). The summed E-state index contributed by atoms with van der Waals surface area (Å²) in [5.41, 5.74) is 2.86. The van der Waals surface area contributed by atoms with Crippen LogP contribution in [-0.2, 0) is 21.9 Å². The molecule has 1 unspecified atom stereocenters. The van der Waals surface area contributed by atoms with Crippen molar-refractivity contribution >= 4 is 45.6 Å². The maximum Gasteiger partial charge on any atom is 0.231 e. The predicted octanol–water partition coefficient (Wildman–Crippen LogP) is 4.22. The molecule has 7 heteroatoms. The van der Waals surface area contributed by atoms with Crippen LogP contribution in [0.5, 0.6) is 0 Å². The Hall–Kier alpha value is -1.92. The second-order valence-electron chi connectivity index (χ2n) is 6.44. The molecule has 1 saturated heterocycles. The minimum absolute atomic E-state index is 0.0213. The van der Waals surface area contributed by atoms with E-state index in [1.165, 1.54) is 16.9 Å². The van der Waals surface area contributed by atoms with Crippen molar-refractivity contribution in [3.05, 3.63) is 40.9 Å². The molecule has 0 spiro atoms. The largest absolute Gasteiger partial charge is 0.312 e. The zero-order chi connectivity index (χ0) is 18.5. The van der Waals surface area contributed by atoms with E-state index in [9.17, 15) is 9.59 Å². The van der Waals surface area contributed by atoms with E-state index in [1.807, 2.05) is 17.5 Å². The van der Waals surface area contributed by atoms with Crippen molar-refractivity contribution < 1.29 is 9.59 Å². The molecule has 0 radical (unpaired) electrons. The molecule has 0 bridgehead atoms. The summed E-state index contributed by atoms with van der Waals surface area (Å²) in [6, 6.07) is 8.07. The van der Waals surface area contributed by atoms with E-state index in [2.05, 4.69) is 29.4 Å². The van der Waals surface area contributed by atoms with Gasteiger partial charge >= 0.3 is 0 Å². The molecule has 2 heterocycles. The van der Waals surface area contributed by atoms with Crippen molar-refractivity contribution in [1.82, 2.24) is 4.98 Å². The molecule has 138 valence electrons. The van der Waals surface area contributed by atoms with Gasteiger partial charge in [0.2, 0.25) is 11.8 Å². The molecule has 1 atom stereocenters. The average Bonchev–Trinajstić information content (AvgIpc) is 3.27. The summed E-state index contributed by atoms with van der Waals surface area (Å²) in [6.07, 6.45) is 3.59. The number of alkyl halides is 1. The molecule has 1 N–H and O–H groups in total. The number of benzene rings is 1. The lowest BCUT2D eigenvalue weighted by Crippen LogP contribution is -2.28. The predicted molar refractivity (Wildman–Crippen MR) is 106 cm³/mol. The monoisotopic (exact) mass is 391 g/mol. The Morgan fingerprint density at radius 2 is 2.15 bits per heavy atom. The second kappa shape index (κ2) is 8.64. The first-order chi connectivity index (χ1) is 12.6. The lowest BCUT2D eigenvalue weighted by molar-refractivity contribution is -0.122. The zero-order valence-electron chi connectivity index (χ0n) is 14.7. The number of unbranched alkanes of at least 4 members (excludes halogenated alkanes) is 1. The van der Waals surface area contributed by atoms with Gasteiger partial charge < -0.3 is 10.2 Å². The topological polar surface area (TPSA) is 62.3 Å². The highest BCUT2D eigenvalue weighted by molar-refractivity contribution is 7.14. The number of nitrogens with zero attached hydrogens (tertiary/aromatic N) is 2. The van der Waals surface area contributed by atoms with Gasteiger partial charge in [-0.2, -0.15) is 0 Å². The number of carbonyl (C=O) groups excluding carboxylic acids is 2. The smallest absolute Gasteiger partial charge is 0.231 e. The molecule has 5 nitrogen and oxygen atoms in total. The maximum atomic E-state index is 12.5. The normalized spacial score (nSPS) is 16.9. The fourth-order valence-corrected chi connectivity index (χ4v) is 3.93. The number of hydrogen-bond acceptors (Lipinski definition) is 4. The summed E-state index contributed by atoms with van der Waals surface area (Å²) < 4.78 is 0. The van der Waals surface area contributed by atoms with Crippen LogP contribution in [0.15, 0.2) is 29.6 Å². The van der Waals surface area contributed by atoms with Gasteiger partial charge in [-0.3, -0.25) is 9.59 Å². The highest BCUT2D eigenvalue weighted by atomic mass is 35.5. The number of carbonyl (C=O) groups is 2. The molecular formula is C19H22ClN3O2S. The van der Waals surface area contributed by atoms with Crippen LogP contribution in [0.1, 0.15) is 37.4 Å². The first-order valence-corrected chi connectivity index (χ1v) is 10.2. The van der Waals surface area contributed by atoms with Crippen LogP contribution in [0.4, 0.5) is 10.8 Å². The lowest BCUT2D eigenvalue weighted by atomic mass is 10.1. The Morgan fingerprint density at radius 3 is 2.81 bits per heavy atom. The first-order valence-electron chi connectivity index (χ1n) is 8.81. The molecule has 0 saturated carbocycles. The molecule has 1 aromatic heterocycles. The van der Waals surface area contributed by atoms with Gasteiger partial charge in [-0.05, 0) is 30.5 Å². The minimum atomic E-state index is -0.370. The van der Waals surface area contributed by atoms with E-state index in [1.54, 1.807) is 4.90 Å². The number of halogens is 1. The van der Waals surface area contributed by atoms with Crippen LogP contribution < -0.4 is 10.2 Å². The van der Waals surface area contributed by atoms with Gasteiger partial charge in [0, 0.05) is 24.0 Å². The van der Waals surface area contributed by atoms with E-state index in [0.29, 0.717) is 17.6 Å².